The maximum absolute atomic E-state index is 9.72. The number of aromatic nitrogens is 2. The van der Waals surface area contributed by atoms with Crippen LogP contribution in [-0.2, 0) is 4.74 Å². The molecular weight excluding hydrogens is 460 g/mol. The molecule has 188 valence electrons. The molecule has 4 rings (SSSR count). The first-order valence-corrected chi connectivity index (χ1v) is 13.3. The molecule has 3 heterocycles. The van der Waals surface area contributed by atoms with Gasteiger partial charge in [-0.25, -0.2) is 9.97 Å². The van der Waals surface area contributed by atoms with Gasteiger partial charge in [-0.1, -0.05) is 31.5 Å². The number of nitrogens with one attached hydrogen (secondary N) is 2. The number of hydrogen-bond acceptors (Lipinski definition) is 7. The van der Waals surface area contributed by atoms with Crippen molar-refractivity contribution in [1.82, 2.24) is 14.9 Å². The van der Waals surface area contributed by atoms with Gasteiger partial charge >= 0.3 is 0 Å². The Balaban J connectivity index is 1.41. The van der Waals surface area contributed by atoms with Crippen molar-refractivity contribution in [2.45, 2.75) is 64.5 Å². The van der Waals surface area contributed by atoms with E-state index in [4.69, 9.17) is 21.3 Å². The van der Waals surface area contributed by atoms with E-state index in [1.807, 2.05) is 24.3 Å². The number of rotatable bonds is 9. The maximum Gasteiger partial charge on any atom is 0.126 e. The highest BCUT2D eigenvalue weighted by Gasteiger charge is 2.32. The second-order valence-electron chi connectivity index (χ2n) is 9.69. The van der Waals surface area contributed by atoms with Crippen molar-refractivity contribution < 1.29 is 4.74 Å². The van der Waals surface area contributed by atoms with Crippen molar-refractivity contribution in [3.8, 4) is 17.3 Å². The second kappa shape index (κ2) is 12.0. The largest absolute Gasteiger partial charge is 0.381 e. The predicted octanol–water partition coefficient (Wildman–Crippen LogP) is 5.59. The monoisotopic (exact) mass is 496 g/mol. The summed E-state index contributed by atoms with van der Waals surface area (Å²) >= 11 is 6.54. The molecule has 0 bridgehead atoms. The normalized spacial score (nSPS) is 21.9. The fourth-order valence-electron chi connectivity index (χ4n) is 5.28. The number of hydrogen-bond donors (Lipinski definition) is 2. The zero-order valence-electron chi connectivity index (χ0n) is 20.9. The van der Waals surface area contributed by atoms with Gasteiger partial charge in [-0.3, -0.25) is 0 Å². The Morgan fingerprint density at radius 2 is 1.89 bits per heavy atom. The zero-order chi connectivity index (χ0) is 24.7. The summed E-state index contributed by atoms with van der Waals surface area (Å²) in [7, 11) is 0. The molecule has 1 aliphatic heterocycles. The topological polar surface area (TPSA) is 86.1 Å². The predicted molar refractivity (Wildman–Crippen MR) is 142 cm³/mol. The maximum atomic E-state index is 9.72. The van der Waals surface area contributed by atoms with Crippen LogP contribution in [0.1, 0.15) is 52.4 Å². The van der Waals surface area contributed by atoms with Crippen LogP contribution in [0.5, 0.6) is 0 Å². The zero-order valence-corrected chi connectivity index (χ0v) is 21.7. The van der Waals surface area contributed by atoms with Gasteiger partial charge in [-0.15, -0.1) is 0 Å². The summed E-state index contributed by atoms with van der Waals surface area (Å²) in [6.45, 7) is 8.54. The van der Waals surface area contributed by atoms with Crippen LogP contribution in [0.3, 0.4) is 0 Å². The third kappa shape index (κ3) is 6.43. The van der Waals surface area contributed by atoms with Crippen molar-refractivity contribution in [1.29, 1.82) is 5.26 Å². The van der Waals surface area contributed by atoms with Gasteiger partial charge in [-0.2, -0.15) is 5.26 Å². The number of anilines is 2. The lowest BCUT2D eigenvalue weighted by Crippen LogP contribution is -2.40. The Bertz CT molecular complexity index is 1010. The Hall–Kier alpha value is -2.40. The molecule has 8 heteroatoms. The molecule has 0 radical (unpaired) electrons. The molecule has 0 aromatic carbocycles. The lowest BCUT2D eigenvalue weighted by atomic mass is 9.82. The van der Waals surface area contributed by atoms with E-state index in [9.17, 15) is 5.26 Å². The molecule has 0 unspecified atom stereocenters. The number of nitriles is 1. The van der Waals surface area contributed by atoms with Crippen molar-refractivity contribution in [2.24, 2.45) is 5.41 Å². The fraction of sp³-hybridized carbons (Fsp3) is 0.593. The van der Waals surface area contributed by atoms with Crippen LogP contribution >= 0.6 is 11.6 Å². The number of pyridine rings is 2. The molecule has 1 saturated heterocycles. The molecule has 0 amide bonds. The minimum absolute atomic E-state index is 0.411. The van der Waals surface area contributed by atoms with Gasteiger partial charge in [0.1, 0.15) is 11.6 Å². The molecular formula is C27H37ClN6O. The van der Waals surface area contributed by atoms with E-state index in [1.54, 1.807) is 6.20 Å². The van der Waals surface area contributed by atoms with Crippen molar-refractivity contribution in [3.05, 3.63) is 35.5 Å². The van der Waals surface area contributed by atoms with E-state index < -0.39 is 5.41 Å². The first-order valence-electron chi connectivity index (χ1n) is 12.9. The van der Waals surface area contributed by atoms with Crippen LogP contribution in [0.2, 0.25) is 5.02 Å². The molecule has 2 aromatic rings. The standard InChI is InChI=1S/C27H37ClN6O/c1-3-34(4-2)21-10-8-20(9-11-21)32-26-16-22(23(28)17-30-26)24-6-5-7-25(33-24)31-19-27(18-29)12-14-35-15-13-27/h5-7,16-17,20-21H,3-4,8-15,19H2,1-2H3,(H,30,32)(H,31,33)/t20-,21-. The number of nitrogens with zero attached hydrogens (tertiary/aromatic N) is 4. The van der Waals surface area contributed by atoms with Gasteiger partial charge in [0.15, 0.2) is 0 Å². The molecule has 0 atom stereocenters. The van der Waals surface area contributed by atoms with E-state index in [1.165, 1.54) is 12.8 Å². The first kappa shape index (κ1) is 25.7. The van der Waals surface area contributed by atoms with Crippen LogP contribution in [0.25, 0.3) is 11.3 Å². The third-order valence-electron chi connectivity index (χ3n) is 7.55. The summed E-state index contributed by atoms with van der Waals surface area (Å²) in [5.41, 5.74) is 1.23. The Kier molecular flexibility index (Phi) is 8.83. The average molecular weight is 497 g/mol. The van der Waals surface area contributed by atoms with E-state index in [0.29, 0.717) is 36.9 Å². The summed E-state index contributed by atoms with van der Waals surface area (Å²) < 4.78 is 5.44. The van der Waals surface area contributed by atoms with Gasteiger partial charge in [0.2, 0.25) is 0 Å². The first-order chi connectivity index (χ1) is 17.1. The lowest BCUT2D eigenvalue weighted by Gasteiger charge is -2.36. The molecule has 2 fully saturated rings. The van der Waals surface area contributed by atoms with Crippen LogP contribution in [-0.4, -0.2) is 59.8 Å². The van der Waals surface area contributed by atoms with Crippen LogP contribution in [0.15, 0.2) is 30.5 Å². The summed E-state index contributed by atoms with van der Waals surface area (Å²) in [6.07, 6.45) is 7.89. The molecule has 2 aliphatic rings. The summed E-state index contributed by atoms with van der Waals surface area (Å²) in [6, 6.07) is 11.5. The van der Waals surface area contributed by atoms with E-state index >= 15 is 0 Å². The molecule has 7 nitrogen and oxygen atoms in total. The van der Waals surface area contributed by atoms with Gasteiger partial charge in [0.05, 0.1) is 22.2 Å². The second-order valence-corrected chi connectivity index (χ2v) is 10.1. The van der Waals surface area contributed by atoms with Crippen LogP contribution < -0.4 is 10.6 Å². The van der Waals surface area contributed by atoms with Crippen molar-refractivity contribution in [2.75, 3.05) is 43.5 Å². The summed E-state index contributed by atoms with van der Waals surface area (Å²) in [5.74, 6) is 1.57. The average Bonchev–Trinajstić information content (AvgIpc) is 2.91. The minimum atomic E-state index is -0.411. The summed E-state index contributed by atoms with van der Waals surface area (Å²) in [5, 5.41) is 17.3. The van der Waals surface area contributed by atoms with E-state index in [-0.39, 0.29) is 0 Å². The highest BCUT2D eigenvalue weighted by molar-refractivity contribution is 6.33. The number of ether oxygens (including phenoxy) is 1. The minimum Gasteiger partial charge on any atom is -0.381 e. The highest BCUT2D eigenvalue weighted by Crippen LogP contribution is 2.32. The van der Waals surface area contributed by atoms with E-state index in [2.05, 4.69) is 40.4 Å². The quantitative estimate of drug-likeness (QED) is 0.467. The Morgan fingerprint density at radius 3 is 2.57 bits per heavy atom. The van der Waals surface area contributed by atoms with E-state index in [0.717, 1.165) is 61.7 Å². The van der Waals surface area contributed by atoms with Crippen molar-refractivity contribution in [3.63, 3.8) is 0 Å². The highest BCUT2D eigenvalue weighted by atomic mass is 35.5. The molecule has 0 spiro atoms. The molecule has 35 heavy (non-hydrogen) atoms. The van der Waals surface area contributed by atoms with Crippen molar-refractivity contribution >= 4 is 23.2 Å². The molecule has 1 saturated carbocycles. The molecule has 2 N–H and O–H groups in total. The lowest BCUT2D eigenvalue weighted by molar-refractivity contribution is 0.0455. The van der Waals surface area contributed by atoms with Crippen LogP contribution in [0.4, 0.5) is 11.6 Å². The summed E-state index contributed by atoms with van der Waals surface area (Å²) in [4.78, 5) is 11.9. The van der Waals surface area contributed by atoms with Gasteiger partial charge in [-0.05, 0) is 69.8 Å². The Labute approximate surface area is 214 Å². The van der Waals surface area contributed by atoms with Gasteiger partial charge < -0.3 is 20.3 Å². The third-order valence-corrected chi connectivity index (χ3v) is 7.85. The molecule has 2 aromatic heterocycles. The molecule has 1 aliphatic carbocycles. The van der Waals surface area contributed by atoms with Gasteiger partial charge in [0, 0.05) is 43.6 Å². The smallest absolute Gasteiger partial charge is 0.126 e. The SMILES string of the molecule is CCN(CC)[C@H]1CC[C@H](Nc2cc(-c3cccc(NCC4(C#N)CCOCC4)n3)c(Cl)cn2)CC1. The van der Waals surface area contributed by atoms with Gasteiger partial charge in [0.25, 0.3) is 0 Å². The fourth-order valence-corrected chi connectivity index (χ4v) is 5.48. The number of halogens is 1. The Morgan fingerprint density at radius 1 is 1.14 bits per heavy atom. The van der Waals surface area contributed by atoms with Crippen LogP contribution in [0, 0.1) is 16.7 Å².